The van der Waals surface area contributed by atoms with Crippen LogP contribution in [0.2, 0.25) is 0 Å². The second-order valence-electron chi connectivity index (χ2n) is 4.80. The lowest BCUT2D eigenvalue weighted by molar-refractivity contribution is -0.154. The van der Waals surface area contributed by atoms with E-state index in [-0.39, 0.29) is 22.5 Å². The van der Waals surface area contributed by atoms with Gasteiger partial charge in [0.2, 0.25) is 11.2 Å². The maximum atomic E-state index is 13.3. The molecule has 0 aliphatic carbocycles. The molecule has 1 heterocycles. The van der Waals surface area contributed by atoms with E-state index in [2.05, 4.69) is 15.9 Å². The van der Waals surface area contributed by atoms with Crippen molar-refractivity contribution in [2.45, 2.75) is 6.18 Å². The van der Waals surface area contributed by atoms with Gasteiger partial charge in [-0.2, -0.15) is 13.2 Å². The zero-order valence-corrected chi connectivity index (χ0v) is 13.3. The molecule has 24 heavy (non-hydrogen) atoms. The van der Waals surface area contributed by atoms with Gasteiger partial charge in [0.05, 0.1) is 9.86 Å². The van der Waals surface area contributed by atoms with Crippen molar-refractivity contribution in [1.29, 1.82) is 0 Å². The number of halogens is 4. The van der Waals surface area contributed by atoms with Crippen molar-refractivity contribution in [3.05, 3.63) is 62.9 Å². The summed E-state index contributed by atoms with van der Waals surface area (Å²) in [4.78, 5) is 12.4. The van der Waals surface area contributed by atoms with E-state index in [0.717, 1.165) is 6.07 Å². The second kappa shape index (κ2) is 5.86. The molecule has 0 spiro atoms. The molecule has 2 aromatic carbocycles. The van der Waals surface area contributed by atoms with Gasteiger partial charge in [-0.25, -0.2) is 0 Å². The lowest BCUT2D eigenvalue weighted by Crippen LogP contribution is -2.15. The average molecular weight is 401 g/mol. The molecule has 1 aromatic heterocycles. The first-order valence-electron chi connectivity index (χ1n) is 6.57. The fraction of sp³-hybridized carbons (Fsp3) is 0.0625. The van der Waals surface area contributed by atoms with Crippen molar-refractivity contribution < 1.29 is 27.4 Å². The van der Waals surface area contributed by atoms with Crippen molar-refractivity contribution in [1.82, 2.24) is 0 Å². The van der Waals surface area contributed by atoms with Gasteiger partial charge in [-0.15, -0.1) is 0 Å². The van der Waals surface area contributed by atoms with E-state index in [0.29, 0.717) is 4.47 Å². The SMILES string of the molecule is O=c1c(Oc2ccccc2Br)c(C(F)(F)F)oc2cc(O)ccc12. The first-order valence-corrected chi connectivity index (χ1v) is 7.36. The molecule has 0 saturated carbocycles. The highest BCUT2D eigenvalue weighted by molar-refractivity contribution is 9.10. The highest BCUT2D eigenvalue weighted by Gasteiger charge is 2.40. The van der Waals surface area contributed by atoms with Gasteiger partial charge in [0.1, 0.15) is 17.1 Å². The highest BCUT2D eigenvalue weighted by Crippen LogP contribution is 2.39. The summed E-state index contributed by atoms with van der Waals surface area (Å²) in [6.45, 7) is 0. The summed E-state index contributed by atoms with van der Waals surface area (Å²) < 4.78 is 50.2. The molecule has 0 radical (unpaired) electrons. The zero-order chi connectivity index (χ0) is 17.5. The molecule has 0 atom stereocenters. The molecule has 124 valence electrons. The molecule has 3 rings (SSSR count). The number of hydrogen-bond acceptors (Lipinski definition) is 4. The molecule has 0 aliphatic heterocycles. The number of rotatable bonds is 2. The minimum atomic E-state index is -4.95. The Bertz CT molecular complexity index is 979. The Hall–Kier alpha value is -2.48. The number of para-hydroxylation sites is 1. The predicted octanol–water partition coefficient (Wildman–Crippen LogP) is 5.07. The maximum Gasteiger partial charge on any atom is 0.453 e. The molecule has 8 heteroatoms. The number of alkyl halides is 3. The van der Waals surface area contributed by atoms with Gasteiger partial charge < -0.3 is 14.3 Å². The Morgan fingerprint density at radius 3 is 2.50 bits per heavy atom. The van der Waals surface area contributed by atoms with Crippen LogP contribution in [0.5, 0.6) is 17.2 Å². The summed E-state index contributed by atoms with van der Waals surface area (Å²) >= 11 is 3.14. The van der Waals surface area contributed by atoms with E-state index in [4.69, 9.17) is 9.15 Å². The summed E-state index contributed by atoms with van der Waals surface area (Å²) in [6, 6.07) is 9.45. The molecule has 0 saturated heterocycles. The number of hydrogen-bond donors (Lipinski definition) is 1. The Morgan fingerprint density at radius 2 is 1.83 bits per heavy atom. The van der Waals surface area contributed by atoms with Crippen LogP contribution >= 0.6 is 15.9 Å². The Kier molecular flexibility index (Phi) is 4.00. The fourth-order valence-electron chi connectivity index (χ4n) is 2.08. The molecule has 3 aromatic rings. The van der Waals surface area contributed by atoms with Crippen LogP contribution in [0.3, 0.4) is 0 Å². The summed E-state index contributed by atoms with van der Waals surface area (Å²) in [5.41, 5.74) is -1.37. The van der Waals surface area contributed by atoms with Crippen molar-refractivity contribution >= 4 is 26.9 Å². The number of fused-ring (bicyclic) bond motifs is 1. The van der Waals surface area contributed by atoms with Crippen LogP contribution < -0.4 is 10.2 Å². The third-order valence-corrected chi connectivity index (χ3v) is 3.80. The standard InChI is InChI=1S/C16H8BrF3O4/c17-10-3-1-2-4-11(10)23-14-13(22)9-6-5-8(21)7-12(9)24-15(14)16(18,19)20/h1-7,21H. The van der Waals surface area contributed by atoms with E-state index in [1.165, 1.54) is 18.2 Å². The summed E-state index contributed by atoms with van der Waals surface area (Å²) in [7, 11) is 0. The Balaban J connectivity index is 2.29. The number of phenolic OH excluding ortho intramolecular Hbond substituents is 1. The van der Waals surface area contributed by atoms with E-state index in [9.17, 15) is 23.1 Å². The molecule has 0 unspecified atom stereocenters. The van der Waals surface area contributed by atoms with Crippen LogP contribution in [0.4, 0.5) is 13.2 Å². The topological polar surface area (TPSA) is 59.7 Å². The lowest BCUT2D eigenvalue weighted by atomic mass is 10.2. The van der Waals surface area contributed by atoms with Gasteiger partial charge in [-0.05, 0) is 40.2 Å². The molecule has 4 nitrogen and oxygen atoms in total. The normalized spacial score (nSPS) is 11.7. The monoisotopic (exact) mass is 400 g/mol. The average Bonchev–Trinajstić information content (AvgIpc) is 2.50. The van der Waals surface area contributed by atoms with E-state index >= 15 is 0 Å². The van der Waals surface area contributed by atoms with Crippen LogP contribution in [0.25, 0.3) is 11.0 Å². The molecule has 0 bridgehead atoms. The maximum absolute atomic E-state index is 13.3. The molecule has 1 N–H and O–H groups in total. The van der Waals surface area contributed by atoms with Crippen molar-refractivity contribution in [3.63, 3.8) is 0 Å². The molecular weight excluding hydrogens is 393 g/mol. The number of aromatic hydroxyl groups is 1. The fourth-order valence-corrected chi connectivity index (χ4v) is 2.45. The quantitative estimate of drug-likeness (QED) is 0.652. The summed E-state index contributed by atoms with van der Waals surface area (Å²) in [6.07, 6.45) is -4.95. The first-order chi connectivity index (χ1) is 11.3. The summed E-state index contributed by atoms with van der Waals surface area (Å²) in [5, 5.41) is 9.24. The number of benzene rings is 2. The smallest absolute Gasteiger partial charge is 0.453 e. The Labute approximate surface area is 141 Å². The van der Waals surface area contributed by atoms with Crippen molar-refractivity contribution in [2.24, 2.45) is 0 Å². The van der Waals surface area contributed by atoms with Gasteiger partial charge in [0, 0.05) is 6.07 Å². The third kappa shape index (κ3) is 2.96. The van der Waals surface area contributed by atoms with Crippen molar-refractivity contribution in [3.8, 4) is 17.2 Å². The van der Waals surface area contributed by atoms with Gasteiger partial charge >= 0.3 is 6.18 Å². The molecular formula is C16H8BrF3O4. The minimum absolute atomic E-state index is 0.0356. The third-order valence-electron chi connectivity index (χ3n) is 3.14. The van der Waals surface area contributed by atoms with E-state index < -0.39 is 23.1 Å². The minimum Gasteiger partial charge on any atom is -0.508 e. The molecule has 0 amide bonds. The Morgan fingerprint density at radius 1 is 1.12 bits per heavy atom. The van der Waals surface area contributed by atoms with Gasteiger partial charge in [0.25, 0.3) is 5.76 Å². The zero-order valence-electron chi connectivity index (χ0n) is 11.7. The van der Waals surface area contributed by atoms with Gasteiger partial charge in [-0.3, -0.25) is 4.79 Å². The van der Waals surface area contributed by atoms with Crippen LogP contribution in [0.1, 0.15) is 5.76 Å². The van der Waals surface area contributed by atoms with Gasteiger partial charge in [0.15, 0.2) is 0 Å². The molecule has 0 fully saturated rings. The van der Waals surface area contributed by atoms with E-state index in [1.807, 2.05) is 0 Å². The molecule has 0 aliphatic rings. The predicted molar refractivity (Wildman–Crippen MR) is 83.4 cm³/mol. The van der Waals surface area contributed by atoms with Crippen LogP contribution in [0, 0.1) is 0 Å². The second-order valence-corrected chi connectivity index (χ2v) is 5.65. The van der Waals surface area contributed by atoms with Crippen molar-refractivity contribution in [2.75, 3.05) is 0 Å². The number of ether oxygens (including phenoxy) is 1. The highest BCUT2D eigenvalue weighted by atomic mass is 79.9. The first kappa shape index (κ1) is 16.4. The van der Waals surface area contributed by atoms with Crippen LogP contribution in [-0.4, -0.2) is 5.11 Å². The lowest BCUT2D eigenvalue weighted by Gasteiger charge is -2.13. The number of phenols is 1. The van der Waals surface area contributed by atoms with E-state index in [1.54, 1.807) is 18.2 Å². The van der Waals surface area contributed by atoms with Gasteiger partial charge in [-0.1, -0.05) is 12.1 Å². The summed E-state index contributed by atoms with van der Waals surface area (Å²) in [5.74, 6) is -2.82. The largest absolute Gasteiger partial charge is 0.508 e. The van der Waals surface area contributed by atoms with Crippen LogP contribution in [-0.2, 0) is 6.18 Å². The van der Waals surface area contributed by atoms with Crippen LogP contribution in [0.15, 0.2) is 56.1 Å².